The first-order valence-corrected chi connectivity index (χ1v) is 10.9. The van der Waals surface area contributed by atoms with Crippen molar-refractivity contribution in [3.63, 3.8) is 0 Å². The van der Waals surface area contributed by atoms with Gasteiger partial charge < -0.3 is 4.74 Å². The number of thiazole rings is 1. The van der Waals surface area contributed by atoms with Gasteiger partial charge in [-0.1, -0.05) is 33.3 Å². The Kier molecular flexibility index (Phi) is 6.24. The van der Waals surface area contributed by atoms with Gasteiger partial charge in [0.05, 0.1) is 28.5 Å². The van der Waals surface area contributed by atoms with Crippen LogP contribution in [0.2, 0.25) is 0 Å². The number of nitro benzene ring substituents is 1. The van der Waals surface area contributed by atoms with E-state index in [1.807, 2.05) is 18.2 Å². The highest BCUT2D eigenvalue weighted by molar-refractivity contribution is 9.10. The number of hydrogen-bond acceptors (Lipinski definition) is 7. The molecule has 0 aliphatic carbocycles. The molecule has 0 saturated carbocycles. The molecule has 0 fully saturated rings. The van der Waals surface area contributed by atoms with Crippen molar-refractivity contribution >= 4 is 60.4 Å². The summed E-state index contributed by atoms with van der Waals surface area (Å²) in [5, 5.41) is 17.0. The molecule has 0 unspecified atom stereocenters. The number of aromatic nitrogens is 1. The van der Waals surface area contributed by atoms with E-state index in [1.165, 1.54) is 41.8 Å². The fourth-order valence-electron chi connectivity index (χ4n) is 2.85. The lowest BCUT2D eigenvalue weighted by Gasteiger charge is -2.13. The summed E-state index contributed by atoms with van der Waals surface area (Å²) in [5.74, 6) is 0.167. The van der Waals surface area contributed by atoms with E-state index in [9.17, 15) is 14.9 Å². The Bertz CT molecular complexity index is 1340. The molecule has 160 valence electrons. The predicted octanol–water partition coefficient (Wildman–Crippen LogP) is 5.66. The summed E-state index contributed by atoms with van der Waals surface area (Å²) < 4.78 is 6.91. The Balaban J connectivity index is 1.75. The van der Waals surface area contributed by atoms with Gasteiger partial charge in [-0.25, -0.2) is 4.98 Å². The highest BCUT2D eigenvalue weighted by atomic mass is 79.9. The molecular weight excluding hydrogens is 496 g/mol. The summed E-state index contributed by atoms with van der Waals surface area (Å²) in [7, 11) is 1.58. The van der Waals surface area contributed by atoms with Gasteiger partial charge in [0.1, 0.15) is 5.75 Å². The van der Waals surface area contributed by atoms with Crippen molar-refractivity contribution in [2.75, 3.05) is 12.1 Å². The number of ether oxygens (including phenoxy) is 1. The topological polar surface area (TPSA) is 97.9 Å². The van der Waals surface area contributed by atoms with Gasteiger partial charge in [-0.3, -0.25) is 14.9 Å². The maximum atomic E-state index is 13.3. The zero-order valence-corrected chi connectivity index (χ0v) is 19.0. The summed E-state index contributed by atoms with van der Waals surface area (Å²) in [4.78, 5) is 28.5. The van der Waals surface area contributed by atoms with Gasteiger partial charge in [-0.05, 0) is 54.1 Å². The highest BCUT2D eigenvalue weighted by Gasteiger charge is 2.22. The molecule has 1 aromatic heterocycles. The van der Waals surface area contributed by atoms with E-state index in [4.69, 9.17) is 4.74 Å². The molecule has 0 saturated heterocycles. The van der Waals surface area contributed by atoms with Crippen LogP contribution in [-0.2, 0) is 0 Å². The second-order valence-electron chi connectivity index (χ2n) is 6.55. The standard InChI is InChI=1S/C22H15BrN4O4S/c1-31-18-8-5-14(6-9-18)13-24-26(21(28)15-3-2-4-17(11-15)27(29)30)22-25-19-10-7-16(23)12-20(19)32-22/h2-13H,1H3/b24-13+. The second kappa shape index (κ2) is 9.25. The van der Waals surface area contributed by atoms with Crippen LogP contribution in [-0.4, -0.2) is 29.1 Å². The molecule has 0 atom stereocenters. The van der Waals surface area contributed by atoms with Crippen LogP contribution in [0.25, 0.3) is 10.2 Å². The molecule has 4 rings (SSSR count). The third kappa shape index (κ3) is 4.66. The number of benzene rings is 3. The first kappa shape index (κ1) is 21.6. The number of anilines is 1. The van der Waals surface area contributed by atoms with E-state index in [0.29, 0.717) is 16.4 Å². The number of nitrogens with zero attached hydrogens (tertiary/aromatic N) is 4. The van der Waals surface area contributed by atoms with Crippen molar-refractivity contribution in [1.82, 2.24) is 4.98 Å². The summed E-state index contributed by atoms with van der Waals surface area (Å²) in [6, 6.07) is 18.3. The zero-order valence-electron chi connectivity index (χ0n) is 16.6. The number of fused-ring (bicyclic) bond motifs is 1. The molecule has 0 aliphatic rings. The minimum Gasteiger partial charge on any atom is -0.497 e. The molecule has 1 amide bonds. The van der Waals surface area contributed by atoms with Gasteiger partial charge in [-0.2, -0.15) is 10.1 Å². The molecule has 8 nitrogen and oxygen atoms in total. The van der Waals surface area contributed by atoms with Crippen molar-refractivity contribution in [2.45, 2.75) is 0 Å². The number of halogens is 1. The molecule has 32 heavy (non-hydrogen) atoms. The van der Waals surface area contributed by atoms with Crippen LogP contribution >= 0.6 is 27.3 Å². The highest BCUT2D eigenvalue weighted by Crippen LogP contribution is 2.32. The van der Waals surface area contributed by atoms with E-state index in [0.717, 1.165) is 19.7 Å². The van der Waals surface area contributed by atoms with Crippen LogP contribution in [0, 0.1) is 10.1 Å². The Morgan fingerprint density at radius 2 is 1.97 bits per heavy atom. The fraction of sp³-hybridized carbons (Fsp3) is 0.0455. The SMILES string of the molecule is COc1ccc(/C=N/N(C(=O)c2cccc([N+](=O)[O-])c2)c2nc3ccc(Br)cc3s2)cc1. The summed E-state index contributed by atoms with van der Waals surface area (Å²) >= 11 is 4.72. The third-order valence-electron chi connectivity index (χ3n) is 4.45. The summed E-state index contributed by atoms with van der Waals surface area (Å²) in [6.07, 6.45) is 1.52. The molecule has 0 N–H and O–H groups in total. The number of hydrazone groups is 1. The van der Waals surface area contributed by atoms with Crippen molar-refractivity contribution in [1.29, 1.82) is 0 Å². The van der Waals surface area contributed by atoms with E-state index in [1.54, 1.807) is 31.4 Å². The first-order valence-electron chi connectivity index (χ1n) is 9.27. The van der Waals surface area contributed by atoms with Crippen molar-refractivity contribution in [2.24, 2.45) is 5.10 Å². The number of rotatable bonds is 6. The van der Waals surface area contributed by atoms with E-state index in [2.05, 4.69) is 26.0 Å². The largest absolute Gasteiger partial charge is 0.497 e. The number of amides is 1. The van der Waals surface area contributed by atoms with E-state index < -0.39 is 10.8 Å². The first-order chi connectivity index (χ1) is 15.4. The number of carbonyl (C=O) groups is 1. The number of non-ortho nitro benzene ring substituents is 1. The van der Waals surface area contributed by atoms with E-state index in [-0.39, 0.29) is 11.3 Å². The molecule has 0 aliphatic heterocycles. The van der Waals surface area contributed by atoms with Crippen LogP contribution in [0.4, 0.5) is 10.8 Å². The molecule has 1 heterocycles. The van der Waals surface area contributed by atoms with Crippen molar-refractivity contribution in [3.05, 3.63) is 92.4 Å². The van der Waals surface area contributed by atoms with Gasteiger partial charge in [0, 0.05) is 22.2 Å². The smallest absolute Gasteiger partial charge is 0.281 e. The number of methoxy groups -OCH3 is 1. The summed E-state index contributed by atoms with van der Waals surface area (Å²) in [6.45, 7) is 0. The molecule has 0 radical (unpaired) electrons. The van der Waals surface area contributed by atoms with Crippen molar-refractivity contribution < 1.29 is 14.5 Å². The van der Waals surface area contributed by atoms with E-state index >= 15 is 0 Å². The van der Waals surface area contributed by atoms with Crippen molar-refractivity contribution in [3.8, 4) is 5.75 Å². The fourth-order valence-corrected chi connectivity index (χ4v) is 4.33. The maximum Gasteiger partial charge on any atom is 0.281 e. The Morgan fingerprint density at radius 1 is 1.19 bits per heavy atom. The van der Waals surface area contributed by atoms with Crippen LogP contribution < -0.4 is 9.75 Å². The van der Waals surface area contributed by atoms with Crippen LogP contribution in [0.15, 0.2) is 76.3 Å². The molecule has 4 aromatic rings. The molecule has 3 aromatic carbocycles. The average Bonchev–Trinajstić information content (AvgIpc) is 3.22. The predicted molar refractivity (Wildman–Crippen MR) is 128 cm³/mol. The lowest BCUT2D eigenvalue weighted by Crippen LogP contribution is -2.25. The number of nitro groups is 1. The van der Waals surface area contributed by atoms with Crippen LogP contribution in [0.3, 0.4) is 0 Å². The summed E-state index contributed by atoms with van der Waals surface area (Å²) in [5.41, 5.74) is 1.41. The number of hydrogen-bond donors (Lipinski definition) is 0. The van der Waals surface area contributed by atoms with Gasteiger partial charge in [0.2, 0.25) is 5.13 Å². The van der Waals surface area contributed by atoms with Gasteiger partial charge in [0.15, 0.2) is 0 Å². The zero-order chi connectivity index (χ0) is 22.7. The minimum absolute atomic E-state index is 0.131. The minimum atomic E-state index is -0.545. The Hall–Kier alpha value is -3.63. The van der Waals surface area contributed by atoms with Crippen LogP contribution in [0.5, 0.6) is 5.75 Å². The van der Waals surface area contributed by atoms with Gasteiger partial charge in [0.25, 0.3) is 11.6 Å². The maximum absolute atomic E-state index is 13.3. The van der Waals surface area contributed by atoms with Gasteiger partial charge >= 0.3 is 0 Å². The molecule has 10 heteroatoms. The molecule has 0 bridgehead atoms. The second-order valence-corrected chi connectivity index (χ2v) is 8.48. The third-order valence-corrected chi connectivity index (χ3v) is 5.94. The average molecular weight is 511 g/mol. The molecule has 0 spiro atoms. The number of carbonyl (C=O) groups excluding carboxylic acids is 1. The Morgan fingerprint density at radius 3 is 2.69 bits per heavy atom. The quantitative estimate of drug-likeness (QED) is 0.189. The molecular formula is C22H15BrN4O4S. The monoisotopic (exact) mass is 510 g/mol. The Labute approximate surface area is 195 Å². The lowest BCUT2D eigenvalue weighted by atomic mass is 10.2. The van der Waals surface area contributed by atoms with Gasteiger partial charge in [-0.15, -0.1) is 0 Å². The normalized spacial score (nSPS) is 11.1. The lowest BCUT2D eigenvalue weighted by molar-refractivity contribution is -0.384. The van der Waals surface area contributed by atoms with Crippen LogP contribution in [0.1, 0.15) is 15.9 Å².